The van der Waals surface area contributed by atoms with Crippen LogP contribution in [-0.2, 0) is 35.1 Å². The first-order chi connectivity index (χ1) is 20.5. The number of amides is 2. The van der Waals surface area contributed by atoms with Crippen LogP contribution in [0.3, 0.4) is 0 Å². The average Bonchev–Trinajstić information content (AvgIpc) is 3.44. The van der Waals surface area contributed by atoms with E-state index in [0.717, 1.165) is 30.5 Å². The summed E-state index contributed by atoms with van der Waals surface area (Å²) in [6.45, 7) is 8.56. The second-order valence-corrected chi connectivity index (χ2v) is 11.8. The zero-order valence-corrected chi connectivity index (χ0v) is 25.3. The molecular weight excluding hydrogens is 554 g/mol. The summed E-state index contributed by atoms with van der Waals surface area (Å²) >= 11 is 0. The first kappa shape index (κ1) is 32.4. The number of anilines is 1. The number of carbonyl (C=O) groups is 3. The van der Waals surface area contributed by atoms with E-state index in [9.17, 15) is 19.5 Å². The van der Waals surface area contributed by atoms with Crippen LogP contribution in [0.5, 0.6) is 0 Å². The van der Waals surface area contributed by atoms with E-state index in [1.807, 2.05) is 51.1 Å². The number of likely N-dealkylation sites (tertiary alicyclic amines) is 1. The number of hydrogen-bond donors (Lipinski definition) is 3. The summed E-state index contributed by atoms with van der Waals surface area (Å²) in [4.78, 5) is 39.1. The number of hydrogen-bond acceptors (Lipinski definition) is 9. The molecule has 0 bridgehead atoms. The molecule has 2 fully saturated rings. The normalized spacial score (nSPS) is 22.5. The predicted octanol–water partition coefficient (Wildman–Crippen LogP) is 4.22. The van der Waals surface area contributed by atoms with Crippen LogP contribution in [0.25, 0.3) is 0 Å². The Bertz CT molecular complexity index is 1250. The van der Waals surface area contributed by atoms with Gasteiger partial charge in [0.2, 0.25) is 0 Å². The Morgan fingerprint density at radius 3 is 2.53 bits per heavy atom. The predicted molar refractivity (Wildman–Crippen MR) is 159 cm³/mol. The molecule has 0 aliphatic carbocycles. The molecule has 0 unspecified atom stereocenters. The summed E-state index contributed by atoms with van der Waals surface area (Å²) in [5.74, 6) is -0.740. The lowest BCUT2D eigenvalue weighted by atomic mass is 9.99. The molecule has 2 aromatic rings. The fourth-order valence-electron chi connectivity index (χ4n) is 5.28. The van der Waals surface area contributed by atoms with E-state index in [0.29, 0.717) is 24.2 Å². The van der Waals surface area contributed by atoms with Crippen LogP contribution in [0.2, 0.25) is 0 Å². The second-order valence-electron chi connectivity index (χ2n) is 11.8. The number of esters is 2. The van der Waals surface area contributed by atoms with E-state index in [2.05, 4.69) is 15.5 Å². The minimum absolute atomic E-state index is 0.0473. The number of ether oxygens (including phenoxy) is 4. The molecule has 234 valence electrons. The van der Waals surface area contributed by atoms with Gasteiger partial charge in [-0.05, 0) is 70.3 Å². The molecule has 3 N–H and O–H groups in total. The lowest BCUT2D eigenvalue weighted by Gasteiger charge is -2.38. The highest BCUT2D eigenvalue weighted by atomic mass is 16.7. The summed E-state index contributed by atoms with van der Waals surface area (Å²) in [5, 5.41) is 14.7. The van der Waals surface area contributed by atoms with Crippen molar-refractivity contribution in [2.45, 2.75) is 83.7 Å². The van der Waals surface area contributed by atoms with Crippen LogP contribution in [0.15, 0.2) is 48.5 Å². The molecule has 2 heterocycles. The summed E-state index contributed by atoms with van der Waals surface area (Å²) in [5.41, 5.74) is 2.40. The van der Waals surface area contributed by atoms with Crippen LogP contribution < -0.4 is 10.6 Å². The minimum atomic E-state index is -0.742. The number of rotatable bonds is 10. The van der Waals surface area contributed by atoms with Crippen molar-refractivity contribution in [1.82, 2.24) is 10.2 Å². The van der Waals surface area contributed by atoms with Gasteiger partial charge < -0.3 is 34.7 Å². The molecule has 11 nitrogen and oxygen atoms in total. The van der Waals surface area contributed by atoms with E-state index in [4.69, 9.17) is 18.9 Å². The van der Waals surface area contributed by atoms with Crippen LogP contribution in [-0.4, -0.2) is 72.0 Å². The Hall–Kier alpha value is -3.51. The number of nitrogens with one attached hydrogen (secondary N) is 2. The monoisotopic (exact) mass is 597 g/mol. The Kier molecular flexibility index (Phi) is 11.1. The minimum Gasteiger partial charge on any atom is -0.465 e. The van der Waals surface area contributed by atoms with Gasteiger partial charge >= 0.3 is 18.0 Å². The van der Waals surface area contributed by atoms with E-state index in [1.54, 1.807) is 25.1 Å². The molecule has 4 rings (SSSR count). The molecule has 43 heavy (non-hydrogen) atoms. The standard InChI is InChI=1S/C32H43N3O8/c1-5-40-28(37)18-33-31(39)34-24-9-6-8-23(16-24)30-41-25(17-27(42-30)22-13-11-21(20-36)12-14-22)19-35-15-7-10-26(35)29(38)43-32(2,3)4/h6,8-9,11-14,16,25-27,30,36H,5,7,10,15,17-20H2,1-4H3,(H2,33,34,39)/t25-,26-,27+,30+/m0/s1. The topological polar surface area (TPSA) is 136 Å². The molecule has 0 radical (unpaired) electrons. The highest BCUT2D eigenvalue weighted by molar-refractivity contribution is 5.91. The number of nitrogens with zero attached hydrogens (tertiary/aromatic N) is 1. The highest BCUT2D eigenvalue weighted by Gasteiger charge is 2.39. The summed E-state index contributed by atoms with van der Waals surface area (Å²) in [6.07, 6.45) is 0.903. The van der Waals surface area contributed by atoms with Crippen LogP contribution in [0, 0.1) is 0 Å². The van der Waals surface area contributed by atoms with E-state index in [1.165, 1.54) is 0 Å². The lowest BCUT2D eigenvalue weighted by molar-refractivity contribution is -0.253. The van der Waals surface area contributed by atoms with E-state index in [-0.39, 0.29) is 44.0 Å². The van der Waals surface area contributed by atoms with Gasteiger partial charge in [-0.25, -0.2) is 4.79 Å². The number of carbonyl (C=O) groups excluding carboxylic acids is 3. The Morgan fingerprint density at radius 2 is 1.84 bits per heavy atom. The van der Waals surface area contributed by atoms with Crippen molar-refractivity contribution in [2.24, 2.45) is 0 Å². The number of aliphatic hydroxyl groups is 1. The third-order valence-electron chi connectivity index (χ3n) is 7.21. The molecule has 11 heteroatoms. The van der Waals surface area contributed by atoms with Crippen LogP contribution in [0.1, 0.15) is 76.0 Å². The van der Waals surface area contributed by atoms with Gasteiger partial charge in [-0.3, -0.25) is 14.5 Å². The van der Waals surface area contributed by atoms with E-state index < -0.39 is 23.9 Å². The Labute approximate surface area is 252 Å². The smallest absolute Gasteiger partial charge is 0.325 e. The first-order valence-electron chi connectivity index (χ1n) is 14.8. The van der Waals surface area contributed by atoms with Crippen molar-refractivity contribution in [3.8, 4) is 0 Å². The summed E-state index contributed by atoms with van der Waals surface area (Å²) < 4.78 is 23.5. The molecule has 0 spiro atoms. The molecule has 2 saturated heterocycles. The van der Waals surface area contributed by atoms with Crippen molar-refractivity contribution in [3.63, 3.8) is 0 Å². The van der Waals surface area contributed by atoms with Gasteiger partial charge in [-0.1, -0.05) is 36.4 Å². The molecule has 2 aromatic carbocycles. The first-order valence-corrected chi connectivity index (χ1v) is 14.8. The molecular formula is C32H43N3O8. The van der Waals surface area contributed by atoms with Gasteiger partial charge in [-0.15, -0.1) is 0 Å². The van der Waals surface area contributed by atoms with Crippen molar-refractivity contribution < 1.29 is 38.4 Å². The highest BCUT2D eigenvalue weighted by Crippen LogP contribution is 2.39. The number of urea groups is 1. The quantitative estimate of drug-likeness (QED) is 0.344. The molecule has 4 atom stereocenters. The van der Waals surface area contributed by atoms with Gasteiger partial charge in [0.25, 0.3) is 0 Å². The van der Waals surface area contributed by atoms with Gasteiger partial charge in [0.1, 0.15) is 18.2 Å². The SMILES string of the molecule is CCOC(=O)CNC(=O)Nc1cccc([C@@H]2O[C@H](CN3CCC[C@H]3C(=O)OC(C)(C)C)C[C@H](c3ccc(CO)cc3)O2)c1. The third kappa shape index (κ3) is 9.49. The fourth-order valence-corrected chi connectivity index (χ4v) is 5.28. The zero-order valence-electron chi connectivity index (χ0n) is 25.3. The van der Waals surface area contributed by atoms with E-state index >= 15 is 0 Å². The van der Waals surface area contributed by atoms with Gasteiger partial charge in [-0.2, -0.15) is 0 Å². The average molecular weight is 598 g/mol. The Morgan fingerprint density at radius 1 is 1.07 bits per heavy atom. The van der Waals surface area contributed by atoms with Crippen LogP contribution in [0.4, 0.5) is 10.5 Å². The molecule has 0 saturated carbocycles. The molecule has 2 amide bonds. The third-order valence-corrected chi connectivity index (χ3v) is 7.21. The summed E-state index contributed by atoms with van der Waals surface area (Å²) in [7, 11) is 0. The number of aliphatic hydroxyl groups excluding tert-OH is 1. The van der Waals surface area contributed by atoms with Crippen molar-refractivity contribution >= 4 is 23.7 Å². The fraction of sp³-hybridized carbons (Fsp3) is 0.531. The molecule has 0 aromatic heterocycles. The van der Waals surface area contributed by atoms with Crippen molar-refractivity contribution in [3.05, 3.63) is 65.2 Å². The second kappa shape index (κ2) is 14.8. The molecule has 2 aliphatic heterocycles. The lowest BCUT2D eigenvalue weighted by Crippen LogP contribution is -2.45. The van der Waals surface area contributed by atoms with Crippen molar-refractivity contribution in [2.75, 3.05) is 31.6 Å². The maximum atomic E-state index is 13.0. The maximum Gasteiger partial charge on any atom is 0.325 e. The molecule has 2 aliphatic rings. The van der Waals surface area contributed by atoms with Gasteiger partial charge in [0.05, 0.1) is 25.4 Å². The maximum absolute atomic E-state index is 13.0. The zero-order chi connectivity index (χ0) is 31.0. The van der Waals surface area contributed by atoms with Crippen LogP contribution >= 0.6 is 0 Å². The van der Waals surface area contributed by atoms with Gasteiger partial charge in [0, 0.05) is 24.2 Å². The number of benzene rings is 2. The Balaban J connectivity index is 1.50. The van der Waals surface area contributed by atoms with Crippen molar-refractivity contribution in [1.29, 1.82) is 0 Å². The largest absolute Gasteiger partial charge is 0.465 e. The summed E-state index contributed by atoms with van der Waals surface area (Å²) in [6, 6.07) is 13.9. The van der Waals surface area contributed by atoms with Gasteiger partial charge in [0.15, 0.2) is 6.29 Å².